The predicted octanol–water partition coefficient (Wildman–Crippen LogP) is 4.82. The first-order valence-corrected chi connectivity index (χ1v) is 9.17. The van der Waals surface area contributed by atoms with E-state index in [2.05, 4.69) is 11.6 Å². The van der Waals surface area contributed by atoms with Gasteiger partial charge in [-0.05, 0) is 29.8 Å². The number of methoxy groups -OCH3 is 1. The second kappa shape index (κ2) is 8.98. The zero-order valence-corrected chi connectivity index (χ0v) is 17.1. The summed E-state index contributed by atoms with van der Waals surface area (Å²) in [6, 6.07) is 6.96. The molecule has 30 heavy (non-hydrogen) atoms. The van der Waals surface area contributed by atoms with Crippen LogP contribution in [0.25, 0.3) is 6.08 Å². The standard InChI is InChI=1S/C20H14Cl2N2O6/c1-3-6-29-18-15(22)7-11(9-17(18)28-2)8-16-20(25)30-19(23-16)13-5-4-12(24(26)27)10-14(13)21/h3-5,7-10H,1,6H2,2H3/b16-8+. The highest BCUT2D eigenvalue weighted by Gasteiger charge is 2.27. The Labute approximate surface area is 181 Å². The number of benzene rings is 2. The second-order valence-corrected chi connectivity index (χ2v) is 6.71. The van der Waals surface area contributed by atoms with Crippen molar-refractivity contribution >= 4 is 46.8 Å². The monoisotopic (exact) mass is 448 g/mol. The molecule has 0 saturated heterocycles. The Hall–Kier alpha value is -3.36. The minimum Gasteiger partial charge on any atom is -0.493 e. The lowest BCUT2D eigenvalue weighted by molar-refractivity contribution is -0.384. The van der Waals surface area contributed by atoms with E-state index in [0.29, 0.717) is 17.1 Å². The Balaban J connectivity index is 1.95. The average molecular weight is 449 g/mol. The molecule has 0 saturated carbocycles. The molecule has 1 aliphatic heterocycles. The van der Waals surface area contributed by atoms with Gasteiger partial charge in [-0.3, -0.25) is 10.1 Å². The van der Waals surface area contributed by atoms with Crippen molar-refractivity contribution in [2.24, 2.45) is 4.99 Å². The first-order chi connectivity index (χ1) is 14.3. The number of nitro benzene ring substituents is 1. The van der Waals surface area contributed by atoms with Crippen LogP contribution in [-0.2, 0) is 9.53 Å². The molecule has 0 spiro atoms. The summed E-state index contributed by atoms with van der Waals surface area (Å²) in [7, 11) is 1.46. The van der Waals surface area contributed by atoms with E-state index >= 15 is 0 Å². The highest BCUT2D eigenvalue weighted by molar-refractivity contribution is 6.35. The molecule has 0 aromatic heterocycles. The molecule has 2 aromatic carbocycles. The molecule has 0 aliphatic carbocycles. The summed E-state index contributed by atoms with van der Waals surface area (Å²) >= 11 is 12.3. The molecule has 0 N–H and O–H groups in total. The Morgan fingerprint density at radius 1 is 1.27 bits per heavy atom. The van der Waals surface area contributed by atoms with Crippen molar-refractivity contribution in [1.29, 1.82) is 0 Å². The smallest absolute Gasteiger partial charge is 0.363 e. The van der Waals surface area contributed by atoms with Crippen LogP contribution in [0.3, 0.4) is 0 Å². The van der Waals surface area contributed by atoms with Crippen LogP contribution in [0, 0.1) is 10.1 Å². The molecule has 154 valence electrons. The van der Waals surface area contributed by atoms with Gasteiger partial charge >= 0.3 is 5.97 Å². The van der Waals surface area contributed by atoms with Gasteiger partial charge in [-0.1, -0.05) is 35.9 Å². The van der Waals surface area contributed by atoms with Crippen molar-refractivity contribution in [3.8, 4) is 11.5 Å². The fourth-order valence-corrected chi connectivity index (χ4v) is 3.11. The number of nitrogens with zero attached hydrogens (tertiary/aromatic N) is 2. The number of cyclic esters (lactones) is 1. The number of hydrogen-bond acceptors (Lipinski definition) is 7. The molecule has 2 aromatic rings. The number of hydrogen-bond donors (Lipinski definition) is 0. The van der Waals surface area contributed by atoms with Crippen LogP contribution in [0.5, 0.6) is 11.5 Å². The van der Waals surface area contributed by atoms with E-state index in [1.807, 2.05) is 0 Å². The van der Waals surface area contributed by atoms with Gasteiger partial charge in [0.05, 0.1) is 27.6 Å². The van der Waals surface area contributed by atoms with Crippen LogP contribution in [0.4, 0.5) is 5.69 Å². The number of non-ortho nitro benzene ring substituents is 1. The lowest BCUT2D eigenvalue weighted by Crippen LogP contribution is -2.06. The summed E-state index contributed by atoms with van der Waals surface area (Å²) in [5, 5.41) is 11.2. The maximum Gasteiger partial charge on any atom is 0.363 e. The molecule has 3 rings (SSSR count). The van der Waals surface area contributed by atoms with Gasteiger partial charge in [0, 0.05) is 12.1 Å². The van der Waals surface area contributed by atoms with Crippen molar-refractivity contribution in [3.63, 3.8) is 0 Å². The van der Waals surface area contributed by atoms with E-state index in [4.69, 9.17) is 37.4 Å². The van der Waals surface area contributed by atoms with Gasteiger partial charge in [0.1, 0.15) is 6.61 Å². The first kappa shape index (κ1) is 21.4. The molecule has 0 amide bonds. The third-order valence-corrected chi connectivity index (χ3v) is 4.51. The fraction of sp³-hybridized carbons (Fsp3) is 0.100. The number of rotatable bonds is 7. The van der Waals surface area contributed by atoms with Crippen LogP contribution in [0.1, 0.15) is 11.1 Å². The Morgan fingerprint density at radius 3 is 2.67 bits per heavy atom. The summed E-state index contributed by atoms with van der Waals surface area (Å²) in [5.41, 5.74) is 0.583. The molecule has 0 bridgehead atoms. The third kappa shape index (κ3) is 4.45. The van der Waals surface area contributed by atoms with Crippen molar-refractivity contribution < 1.29 is 23.9 Å². The summed E-state index contributed by atoms with van der Waals surface area (Å²) in [6.07, 6.45) is 3.03. The number of carbonyl (C=O) groups is 1. The summed E-state index contributed by atoms with van der Waals surface area (Å²) in [6.45, 7) is 3.82. The van der Waals surface area contributed by atoms with Crippen molar-refractivity contribution in [2.45, 2.75) is 0 Å². The van der Waals surface area contributed by atoms with Crippen LogP contribution in [0.2, 0.25) is 10.0 Å². The number of nitro groups is 1. The molecule has 1 heterocycles. The van der Waals surface area contributed by atoms with E-state index in [1.165, 1.54) is 25.3 Å². The van der Waals surface area contributed by atoms with E-state index in [1.54, 1.807) is 18.2 Å². The van der Waals surface area contributed by atoms with E-state index in [0.717, 1.165) is 6.07 Å². The largest absolute Gasteiger partial charge is 0.493 e. The van der Waals surface area contributed by atoms with Crippen LogP contribution < -0.4 is 9.47 Å². The van der Waals surface area contributed by atoms with E-state index < -0.39 is 10.9 Å². The Kier molecular flexibility index (Phi) is 6.39. The third-order valence-electron chi connectivity index (χ3n) is 3.92. The number of carbonyl (C=O) groups excluding carboxylic acids is 1. The molecule has 8 nitrogen and oxygen atoms in total. The highest BCUT2D eigenvalue weighted by atomic mass is 35.5. The van der Waals surface area contributed by atoms with Gasteiger partial charge in [-0.15, -0.1) is 0 Å². The molecule has 0 atom stereocenters. The maximum absolute atomic E-state index is 12.2. The van der Waals surface area contributed by atoms with Gasteiger partial charge in [0.15, 0.2) is 17.2 Å². The molecule has 0 unspecified atom stereocenters. The SMILES string of the molecule is C=CCOc1c(Cl)cc(/C=C2/N=C(c3ccc([N+](=O)[O-])cc3Cl)OC2=O)cc1OC. The Bertz CT molecular complexity index is 1110. The van der Waals surface area contributed by atoms with Crippen molar-refractivity contribution in [3.05, 3.63) is 80.0 Å². The normalized spacial score (nSPS) is 14.3. The number of esters is 1. The van der Waals surface area contributed by atoms with Gasteiger partial charge in [-0.2, -0.15) is 0 Å². The van der Waals surface area contributed by atoms with E-state index in [-0.39, 0.29) is 39.5 Å². The van der Waals surface area contributed by atoms with E-state index in [9.17, 15) is 14.9 Å². The maximum atomic E-state index is 12.2. The van der Waals surface area contributed by atoms with Crippen LogP contribution in [0.15, 0.2) is 53.7 Å². The summed E-state index contributed by atoms with van der Waals surface area (Å²) in [4.78, 5) is 26.7. The lowest BCUT2D eigenvalue weighted by atomic mass is 10.1. The lowest BCUT2D eigenvalue weighted by Gasteiger charge is -2.12. The highest BCUT2D eigenvalue weighted by Crippen LogP contribution is 2.37. The molecular formula is C20H14Cl2N2O6. The Morgan fingerprint density at radius 2 is 2.03 bits per heavy atom. The van der Waals surface area contributed by atoms with Gasteiger partial charge in [-0.25, -0.2) is 9.79 Å². The fourth-order valence-electron chi connectivity index (χ4n) is 2.58. The number of halogens is 2. The minimum absolute atomic E-state index is 0.00250. The molecule has 1 aliphatic rings. The molecule has 10 heteroatoms. The quantitative estimate of drug-likeness (QED) is 0.198. The van der Waals surface area contributed by atoms with Crippen molar-refractivity contribution in [1.82, 2.24) is 0 Å². The molecular weight excluding hydrogens is 435 g/mol. The number of ether oxygens (including phenoxy) is 3. The topological polar surface area (TPSA) is 100 Å². The zero-order valence-electron chi connectivity index (χ0n) is 15.6. The minimum atomic E-state index is -0.707. The van der Waals surface area contributed by atoms with Gasteiger partial charge < -0.3 is 14.2 Å². The zero-order chi connectivity index (χ0) is 21.8. The average Bonchev–Trinajstić information content (AvgIpc) is 3.06. The molecule has 0 radical (unpaired) electrons. The van der Waals surface area contributed by atoms with Crippen LogP contribution in [-0.4, -0.2) is 30.5 Å². The van der Waals surface area contributed by atoms with Gasteiger partial charge in [0.25, 0.3) is 5.69 Å². The molecule has 0 fully saturated rings. The number of aliphatic imine (C=N–C) groups is 1. The second-order valence-electron chi connectivity index (χ2n) is 5.89. The van der Waals surface area contributed by atoms with Gasteiger partial charge in [0.2, 0.25) is 5.90 Å². The first-order valence-electron chi connectivity index (χ1n) is 8.42. The predicted molar refractivity (Wildman–Crippen MR) is 112 cm³/mol. The summed E-state index contributed by atoms with van der Waals surface area (Å²) in [5.74, 6) is -0.0566. The summed E-state index contributed by atoms with van der Waals surface area (Å²) < 4.78 is 16.0. The van der Waals surface area contributed by atoms with Crippen LogP contribution >= 0.6 is 23.2 Å². The van der Waals surface area contributed by atoms with Crippen molar-refractivity contribution in [2.75, 3.05) is 13.7 Å².